The van der Waals surface area contributed by atoms with Gasteiger partial charge in [0.1, 0.15) is 17.2 Å². The summed E-state index contributed by atoms with van der Waals surface area (Å²) in [5, 5.41) is 26.6. The minimum atomic E-state index is 0.240. The second-order valence-electron chi connectivity index (χ2n) is 4.96. The molecular formula is C18H15N3O2. The van der Waals surface area contributed by atoms with Gasteiger partial charge in [-0.25, -0.2) is 4.68 Å². The maximum atomic E-state index is 9.24. The summed E-state index contributed by atoms with van der Waals surface area (Å²) < 4.78 is 1.61. The molecule has 5 heteroatoms. The minimum Gasteiger partial charge on any atom is -0.508 e. The Morgan fingerprint density at radius 3 is 1.91 bits per heavy atom. The molecule has 5 nitrogen and oxygen atoms in total. The lowest BCUT2D eigenvalue weighted by atomic mass is 10.2. The Hall–Kier alpha value is -3.34. The van der Waals surface area contributed by atoms with Crippen molar-refractivity contribution in [2.45, 2.75) is 0 Å². The van der Waals surface area contributed by atoms with Crippen molar-refractivity contribution in [2.75, 3.05) is 0 Å². The summed E-state index contributed by atoms with van der Waals surface area (Å²) >= 11 is 0. The van der Waals surface area contributed by atoms with Crippen LogP contribution in [0.15, 0.2) is 54.7 Å². The fraction of sp³-hybridized carbons (Fsp3) is 0. The molecule has 0 aliphatic heterocycles. The van der Waals surface area contributed by atoms with Crippen LogP contribution in [0.3, 0.4) is 0 Å². The molecular weight excluding hydrogens is 290 g/mol. The van der Waals surface area contributed by atoms with Crippen LogP contribution in [0.1, 0.15) is 16.8 Å². The van der Waals surface area contributed by atoms with E-state index in [1.54, 1.807) is 41.3 Å². The molecule has 23 heavy (non-hydrogen) atoms. The van der Waals surface area contributed by atoms with Gasteiger partial charge in [-0.15, -0.1) is 5.10 Å². The van der Waals surface area contributed by atoms with E-state index in [1.807, 2.05) is 42.5 Å². The number of benzene rings is 2. The number of hydrogen-bond donors (Lipinski definition) is 2. The molecule has 3 aromatic rings. The quantitative estimate of drug-likeness (QED) is 0.774. The lowest BCUT2D eigenvalue weighted by molar-refractivity contribution is 0.474. The number of phenols is 2. The van der Waals surface area contributed by atoms with Crippen molar-refractivity contribution in [2.24, 2.45) is 0 Å². The summed E-state index contributed by atoms with van der Waals surface area (Å²) in [4.78, 5) is 0. The molecule has 0 unspecified atom stereocenters. The highest BCUT2D eigenvalue weighted by molar-refractivity contribution is 5.68. The minimum absolute atomic E-state index is 0.240. The molecule has 0 saturated carbocycles. The van der Waals surface area contributed by atoms with Crippen LogP contribution in [0, 0.1) is 0 Å². The van der Waals surface area contributed by atoms with Gasteiger partial charge in [0.25, 0.3) is 0 Å². The van der Waals surface area contributed by atoms with Crippen LogP contribution in [0.2, 0.25) is 0 Å². The average molecular weight is 305 g/mol. The molecule has 0 radical (unpaired) electrons. The van der Waals surface area contributed by atoms with E-state index in [1.165, 1.54) is 0 Å². The van der Waals surface area contributed by atoms with Crippen LogP contribution in [0.4, 0.5) is 0 Å². The molecule has 2 N–H and O–H groups in total. The zero-order valence-electron chi connectivity index (χ0n) is 12.2. The summed E-state index contributed by atoms with van der Waals surface area (Å²) in [6.45, 7) is 0. The Morgan fingerprint density at radius 2 is 1.30 bits per heavy atom. The first kappa shape index (κ1) is 14.6. The van der Waals surface area contributed by atoms with Gasteiger partial charge in [-0.05, 0) is 47.5 Å². The predicted octanol–water partition coefficient (Wildman–Crippen LogP) is 3.49. The summed E-state index contributed by atoms with van der Waals surface area (Å²) in [6.07, 6.45) is 9.22. The van der Waals surface area contributed by atoms with E-state index in [4.69, 9.17) is 0 Å². The third-order valence-corrected chi connectivity index (χ3v) is 3.18. The van der Waals surface area contributed by atoms with Gasteiger partial charge in [-0.3, -0.25) is 0 Å². The molecule has 0 saturated heterocycles. The van der Waals surface area contributed by atoms with Gasteiger partial charge >= 0.3 is 0 Å². The Morgan fingerprint density at radius 1 is 0.739 bits per heavy atom. The lowest BCUT2D eigenvalue weighted by Gasteiger charge is -1.94. The topological polar surface area (TPSA) is 71.2 Å². The molecule has 0 bridgehead atoms. The summed E-state index contributed by atoms with van der Waals surface area (Å²) in [7, 11) is 0. The van der Waals surface area contributed by atoms with Crippen molar-refractivity contribution in [3.63, 3.8) is 0 Å². The second kappa shape index (κ2) is 6.62. The monoisotopic (exact) mass is 305 g/mol. The van der Waals surface area contributed by atoms with E-state index in [2.05, 4.69) is 10.3 Å². The van der Waals surface area contributed by atoms with E-state index >= 15 is 0 Å². The average Bonchev–Trinajstić information content (AvgIpc) is 3.02. The van der Waals surface area contributed by atoms with E-state index < -0.39 is 0 Å². The van der Waals surface area contributed by atoms with E-state index in [9.17, 15) is 10.2 Å². The zero-order valence-corrected chi connectivity index (χ0v) is 12.2. The largest absolute Gasteiger partial charge is 0.508 e. The highest BCUT2D eigenvalue weighted by Crippen LogP contribution is 2.13. The molecule has 114 valence electrons. The Balaban J connectivity index is 1.68. The molecule has 1 aromatic heterocycles. The van der Waals surface area contributed by atoms with Crippen LogP contribution < -0.4 is 0 Å². The molecule has 2 aromatic carbocycles. The Kier molecular flexibility index (Phi) is 4.20. The summed E-state index contributed by atoms with van der Waals surface area (Å²) in [6, 6.07) is 13.8. The SMILES string of the molecule is Oc1ccc(/C=C/c2cn(/C=C/c3ccc(O)cc3)nn2)cc1. The van der Waals surface area contributed by atoms with Crippen LogP contribution >= 0.6 is 0 Å². The van der Waals surface area contributed by atoms with Gasteiger partial charge in [-0.1, -0.05) is 35.6 Å². The van der Waals surface area contributed by atoms with Gasteiger partial charge in [0.05, 0.1) is 6.20 Å². The molecule has 0 spiro atoms. The van der Waals surface area contributed by atoms with Gasteiger partial charge in [0.15, 0.2) is 0 Å². The first-order valence-electron chi connectivity index (χ1n) is 7.05. The number of phenolic OH excluding ortho intramolecular Hbond substituents is 2. The predicted molar refractivity (Wildman–Crippen MR) is 90.4 cm³/mol. The molecule has 1 heterocycles. The summed E-state index contributed by atoms with van der Waals surface area (Å²) in [5.74, 6) is 0.483. The maximum absolute atomic E-state index is 9.24. The highest BCUT2D eigenvalue weighted by Gasteiger charge is 1.95. The first-order chi connectivity index (χ1) is 11.2. The third kappa shape index (κ3) is 4.07. The molecule has 0 amide bonds. The molecule has 0 atom stereocenters. The zero-order chi connectivity index (χ0) is 16.1. The van der Waals surface area contributed by atoms with Crippen molar-refractivity contribution in [1.29, 1.82) is 0 Å². The smallest absolute Gasteiger partial charge is 0.115 e. The number of aromatic hydroxyl groups is 2. The summed E-state index contributed by atoms with van der Waals surface area (Å²) in [5.41, 5.74) is 2.66. The standard InChI is InChI=1S/C18H15N3O2/c22-17-7-2-14(3-8-17)1-6-16-13-21(20-19-16)12-11-15-4-9-18(23)10-5-15/h1-13,22-23H/b6-1+,12-11+. The molecule has 0 aliphatic carbocycles. The highest BCUT2D eigenvalue weighted by atomic mass is 16.3. The van der Waals surface area contributed by atoms with Crippen molar-refractivity contribution >= 4 is 24.4 Å². The number of hydrogen-bond acceptors (Lipinski definition) is 4. The van der Waals surface area contributed by atoms with Gasteiger partial charge in [0, 0.05) is 6.20 Å². The van der Waals surface area contributed by atoms with E-state index in [0.717, 1.165) is 16.8 Å². The van der Waals surface area contributed by atoms with Crippen molar-refractivity contribution in [3.05, 3.63) is 71.5 Å². The van der Waals surface area contributed by atoms with Gasteiger partial charge in [-0.2, -0.15) is 0 Å². The van der Waals surface area contributed by atoms with Crippen LogP contribution in [0.5, 0.6) is 11.5 Å². The van der Waals surface area contributed by atoms with E-state index in [-0.39, 0.29) is 11.5 Å². The van der Waals surface area contributed by atoms with Crippen LogP contribution in [-0.2, 0) is 0 Å². The van der Waals surface area contributed by atoms with Crippen molar-refractivity contribution in [3.8, 4) is 11.5 Å². The normalized spacial score (nSPS) is 11.5. The van der Waals surface area contributed by atoms with Gasteiger partial charge < -0.3 is 10.2 Å². The van der Waals surface area contributed by atoms with E-state index in [0.29, 0.717) is 0 Å². The fourth-order valence-electron chi connectivity index (χ4n) is 1.95. The van der Waals surface area contributed by atoms with Crippen molar-refractivity contribution in [1.82, 2.24) is 15.0 Å². The molecule has 0 aliphatic rings. The number of nitrogens with zero attached hydrogens (tertiary/aromatic N) is 3. The van der Waals surface area contributed by atoms with Crippen LogP contribution in [0.25, 0.3) is 24.4 Å². The second-order valence-corrected chi connectivity index (χ2v) is 4.96. The maximum Gasteiger partial charge on any atom is 0.115 e. The van der Waals surface area contributed by atoms with Gasteiger partial charge in [0.2, 0.25) is 0 Å². The Bertz CT molecular complexity index is 761. The Labute approximate surface area is 133 Å². The number of rotatable bonds is 4. The molecule has 0 fully saturated rings. The number of aromatic nitrogens is 3. The van der Waals surface area contributed by atoms with Crippen molar-refractivity contribution < 1.29 is 10.2 Å². The first-order valence-corrected chi connectivity index (χ1v) is 7.05. The third-order valence-electron chi connectivity index (χ3n) is 3.18. The lowest BCUT2D eigenvalue weighted by Crippen LogP contribution is -1.85. The molecule has 3 rings (SSSR count). The fourth-order valence-corrected chi connectivity index (χ4v) is 1.95. The van der Waals surface area contributed by atoms with Crippen LogP contribution in [-0.4, -0.2) is 25.2 Å².